The van der Waals surface area contributed by atoms with Gasteiger partial charge in [-0.2, -0.15) is 5.10 Å². The number of nitrogens with two attached hydrogens (primary N) is 1. The van der Waals surface area contributed by atoms with Gasteiger partial charge in [-0.25, -0.2) is 9.37 Å². The number of pyridine rings is 1. The maximum atomic E-state index is 14.2. The van der Waals surface area contributed by atoms with Gasteiger partial charge in [-0.05, 0) is 75.9 Å². The van der Waals surface area contributed by atoms with E-state index in [2.05, 4.69) is 25.6 Å². The molecule has 4 aliphatic heterocycles. The lowest BCUT2D eigenvalue weighted by Crippen LogP contribution is -2.54. The van der Waals surface area contributed by atoms with Crippen LogP contribution in [0.4, 0.5) is 15.9 Å². The van der Waals surface area contributed by atoms with Crippen molar-refractivity contribution >= 4 is 64.2 Å². The molecule has 2 atom stereocenters. The summed E-state index contributed by atoms with van der Waals surface area (Å²) < 4.78 is 22.2. The molecule has 0 spiro atoms. The SMILES string of the molecule is C[C@@H](Oc1cc(-c2cnn(C3CCN(CCCCC(=O)N4CC(CNc5cccc6c5C(=O)N(C5CCC(=O)NC5=O)C6=O)C4)CC3)c2)cnc1N)c1c(Cl)ccc(F)c1Cl. The Labute approximate surface area is 361 Å². The number of carbonyl (C=O) groups excluding carboxylic acids is 5. The Balaban J connectivity index is 0.740. The average molecular weight is 875 g/mol. The number of imide groups is 2. The number of likely N-dealkylation sites (tertiary alicyclic amines) is 2. The molecule has 4 aliphatic rings. The number of nitrogens with one attached hydrogen (secondary N) is 2. The first kappa shape index (κ1) is 42.1. The number of unbranched alkanes of at least 4 members (excludes halogenated alkanes) is 1. The van der Waals surface area contributed by atoms with Gasteiger partial charge in [-0.1, -0.05) is 29.3 Å². The Hall–Kier alpha value is -5.58. The van der Waals surface area contributed by atoms with E-state index >= 15 is 0 Å². The smallest absolute Gasteiger partial charge is 0.264 e. The van der Waals surface area contributed by atoms with E-state index in [1.54, 1.807) is 43.6 Å². The zero-order chi connectivity index (χ0) is 42.9. The molecule has 0 saturated carbocycles. The number of rotatable bonds is 14. The van der Waals surface area contributed by atoms with Crippen molar-refractivity contribution in [1.82, 2.24) is 34.8 Å². The molecule has 2 aromatic heterocycles. The van der Waals surface area contributed by atoms with Crippen LogP contribution in [0.25, 0.3) is 11.1 Å². The number of hydrogen-bond acceptors (Lipinski definition) is 11. The number of benzene rings is 2. The molecule has 0 radical (unpaired) electrons. The lowest BCUT2D eigenvalue weighted by Gasteiger charge is -2.39. The lowest BCUT2D eigenvalue weighted by molar-refractivity contribution is -0.137. The van der Waals surface area contributed by atoms with Gasteiger partial charge in [-0.3, -0.25) is 38.9 Å². The molecule has 0 bridgehead atoms. The molecule has 0 aliphatic carbocycles. The van der Waals surface area contributed by atoms with Crippen molar-refractivity contribution < 1.29 is 33.1 Å². The normalized spacial score (nSPS) is 19.2. The van der Waals surface area contributed by atoms with Gasteiger partial charge in [0.2, 0.25) is 17.7 Å². The van der Waals surface area contributed by atoms with Gasteiger partial charge in [0, 0.05) is 91.3 Å². The van der Waals surface area contributed by atoms with E-state index in [1.807, 2.05) is 15.8 Å². The topological polar surface area (TPSA) is 185 Å². The van der Waals surface area contributed by atoms with Gasteiger partial charge in [0.25, 0.3) is 11.8 Å². The van der Waals surface area contributed by atoms with Crippen LogP contribution in [-0.4, -0.2) is 104 Å². The van der Waals surface area contributed by atoms with Gasteiger partial charge >= 0.3 is 0 Å². The largest absolute Gasteiger partial charge is 0.482 e. The van der Waals surface area contributed by atoms with E-state index in [0.717, 1.165) is 61.3 Å². The fourth-order valence-electron chi connectivity index (χ4n) is 8.56. The average Bonchev–Trinajstić information content (AvgIpc) is 3.82. The minimum atomic E-state index is -1.02. The number of ether oxygens (including phenoxy) is 1. The number of hydrogen-bond donors (Lipinski definition) is 3. The number of fused-ring (bicyclic) bond motifs is 1. The van der Waals surface area contributed by atoms with Gasteiger partial charge in [0.15, 0.2) is 11.6 Å². The second kappa shape index (κ2) is 17.8. The Bertz CT molecular complexity index is 2380. The van der Waals surface area contributed by atoms with Gasteiger partial charge in [0.05, 0.1) is 28.4 Å². The molecule has 4 N–H and O–H groups in total. The number of anilines is 2. The standard InChI is InChI=1S/C43H46Cl2FN9O6/c1-24(37-30(44)8-9-31(46)39(37)45)61-34-17-26(19-49-40(34)47)27-20-50-54(23-27)28-12-15-52(16-13-28)14-3-2-7-36(57)53-21-25(22-53)18-48-32-6-4-5-29-38(32)43(60)55(42(29)59)33-10-11-35(56)51-41(33)58/h4-6,8-9,17,19-20,23-25,28,33,48H,2-3,7,10-16,18,21-22H2,1H3,(H2,47,49)(H,51,56,58)/t24-,33?/m1/s1. The zero-order valence-corrected chi connectivity index (χ0v) is 35.1. The number of piperidine rings is 2. The molecule has 3 saturated heterocycles. The molecular weight excluding hydrogens is 828 g/mol. The third-order valence-electron chi connectivity index (χ3n) is 12.0. The predicted octanol–water partition coefficient (Wildman–Crippen LogP) is 5.89. The summed E-state index contributed by atoms with van der Waals surface area (Å²) in [6, 6.07) is 8.64. The third-order valence-corrected chi connectivity index (χ3v) is 12.7. The van der Waals surface area contributed by atoms with Crippen LogP contribution in [0.5, 0.6) is 5.75 Å². The van der Waals surface area contributed by atoms with Gasteiger partial charge in [-0.15, -0.1) is 0 Å². The minimum absolute atomic E-state index is 0.0591. The summed E-state index contributed by atoms with van der Waals surface area (Å²) in [5, 5.41) is 10.4. The zero-order valence-electron chi connectivity index (χ0n) is 33.5. The van der Waals surface area contributed by atoms with E-state index in [1.165, 1.54) is 12.1 Å². The fourth-order valence-corrected chi connectivity index (χ4v) is 9.23. The Kier molecular flexibility index (Phi) is 12.3. The summed E-state index contributed by atoms with van der Waals surface area (Å²) in [4.78, 5) is 73.1. The molecular formula is C43H46Cl2FN9O6. The highest BCUT2D eigenvalue weighted by molar-refractivity contribution is 6.36. The summed E-state index contributed by atoms with van der Waals surface area (Å²) in [5.74, 6) is -1.92. The molecule has 320 valence electrons. The number of nitrogens with zero attached hydrogens (tertiary/aromatic N) is 6. The monoisotopic (exact) mass is 873 g/mol. The van der Waals surface area contributed by atoms with Crippen molar-refractivity contribution in [2.45, 2.75) is 70.1 Å². The van der Waals surface area contributed by atoms with E-state index < -0.39 is 41.6 Å². The highest BCUT2D eigenvalue weighted by Gasteiger charge is 2.46. The summed E-state index contributed by atoms with van der Waals surface area (Å²) in [7, 11) is 0. The van der Waals surface area contributed by atoms with Crippen molar-refractivity contribution in [1.29, 1.82) is 0 Å². The van der Waals surface area contributed by atoms with Crippen LogP contribution < -0.4 is 21.1 Å². The van der Waals surface area contributed by atoms with Crippen LogP contribution in [0.1, 0.15) is 90.3 Å². The summed E-state index contributed by atoms with van der Waals surface area (Å²) in [5.41, 5.74) is 9.06. The Morgan fingerprint density at radius 2 is 1.82 bits per heavy atom. The molecule has 1 unspecified atom stereocenters. The first-order chi connectivity index (χ1) is 29.4. The molecule has 61 heavy (non-hydrogen) atoms. The lowest BCUT2D eigenvalue weighted by atomic mass is 9.98. The maximum Gasteiger partial charge on any atom is 0.264 e. The maximum absolute atomic E-state index is 14.2. The molecule has 5 amide bonds. The molecule has 8 rings (SSSR count). The second-order valence-electron chi connectivity index (χ2n) is 16.1. The van der Waals surface area contributed by atoms with E-state index in [9.17, 15) is 28.4 Å². The first-order valence-corrected chi connectivity index (χ1v) is 21.3. The molecule has 18 heteroatoms. The first-order valence-electron chi connectivity index (χ1n) is 20.5. The quantitative estimate of drug-likeness (QED) is 0.0780. The van der Waals surface area contributed by atoms with Crippen LogP contribution in [0, 0.1) is 11.7 Å². The highest BCUT2D eigenvalue weighted by atomic mass is 35.5. The van der Waals surface area contributed by atoms with Gasteiger partial charge < -0.3 is 25.6 Å². The van der Waals surface area contributed by atoms with E-state index in [0.29, 0.717) is 43.1 Å². The van der Waals surface area contributed by atoms with Gasteiger partial charge in [0.1, 0.15) is 18.0 Å². The van der Waals surface area contributed by atoms with Crippen molar-refractivity contribution in [3.05, 3.63) is 87.5 Å². The van der Waals surface area contributed by atoms with Crippen LogP contribution in [0.15, 0.2) is 55.0 Å². The summed E-state index contributed by atoms with van der Waals surface area (Å²) >= 11 is 12.5. The molecule has 15 nitrogen and oxygen atoms in total. The molecule has 6 heterocycles. The molecule has 2 aromatic carbocycles. The fraction of sp³-hybridized carbons (Fsp3) is 0.419. The van der Waals surface area contributed by atoms with Crippen molar-refractivity contribution in [2.75, 3.05) is 50.3 Å². The van der Waals surface area contributed by atoms with Crippen molar-refractivity contribution in [3.63, 3.8) is 0 Å². The number of aromatic nitrogens is 3. The Morgan fingerprint density at radius 3 is 2.59 bits per heavy atom. The molecule has 3 fully saturated rings. The highest BCUT2D eigenvalue weighted by Crippen LogP contribution is 2.38. The van der Waals surface area contributed by atoms with Crippen LogP contribution in [0.3, 0.4) is 0 Å². The van der Waals surface area contributed by atoms with Crippen molar-refractivity contribution in [3.8, 4) is 16.9 Å². The predicted molar refractivity (Wildman–Crippen MR) is 226 cm³/mol. The molecule has 4 aromatic rings. The Morgan fingerprint density at radius 1 is 1.03 bits per heavy atom. The van der Waals surface area contributed by atoms with Crippen LogP contribution in [0.2, 0.25) is 10.0 Å². The third kappa shape index (κ3) is 8.79. The van der Waals surface area contributed by atoms with E-state index in [4.69, 9.17) is 33.7 Å². The van der Waals surface area contributed by atoms with E-state index in [-0.39, 0.29) is 57.7 Å². The summed E-state index contributed by atoms with van der Waals surface area (Å²) in [6.07, 6.45) is 9.02. The van der Waals surface area contributed by atoms with Crippen molar-refractivity contribution in [2.24, 2.45) is 5.92 Å². The number of nitrogen functional groups attached to an aromatic ring is 1. The number of halogens is 3. The second-order valence-corrected chi connectivity index (χ2v) is 16.9. The van der Waals surface area contributed by atoms with Crippen LogP contribution >= 0.6 is 23.2 Å². The summed E-state index contributed by atoms with van der Waals surface area (Å²) in [6.45, 7) is 6.24. The minimum Gasteiger partial charge on any atom is -0.482 e. The number of carbonyl (C=O) groups is 5. The number of amides is 5. The van der Waals surface area contributed by atoms with Crippen LogP contribution in [-0.2, 0) is 14.4 Å².